The van der Waals surface area contributed by atoms with E-state index in [2.05, 4.69) is 58.4 Å². The largest absolute Gasteiger partial charge is 0.357 e. The number of nitrogens with one attached hydrogen (secondary N) is 2. The van der Waals surface area contributed by atoms with E-state index >= 15 is 0 Å². The Labute approximate surface area is 169 Å². The SMILES string of the molecule is Cc1ccc(C(=O)NC(Nc2ccccc2[N+](=O)[O-])C(Br)(Br)Br)cc1. The van der Waals surface area contributed by atoms with Gasteiger partial charge in [0.15, 0.2) is 2.14 Å². The third-order valence-electron chi connectivity index (χ3n) is 3.32. The minimum atomic E-state index is -0.920. The first-order chi connectivity index (χ1) is 11.7. The molecule has 6 nitrogen and oxygen atoms in total. The van der Waals surface area contributed by atoms with Crippen LogP contribution in [-0.2, 0) is 0 Å². The number of carbonyl (C=O) groups is 1. The molecule has 1 amide bonds. The van der Waals surface area contributed by atoms with Crippen LogP contribution in [0, 0.1) is 17.0 Å². The van der Waals surface area contributed by atoms with E-state index < -0.39 is 13.2 Å². The van der Waals surface area contributed by atoms with Crippen LogP contribution >= 0.6 is 47.8 Å². The zero-order chi connectivity index (χ0) is 18.6. The molecule has 9 heteroatoms. The van der Waals surface area contributed by atoms with Crippen molar-refractivity contribution in [1.82, 2.24) is 5.32 Å². The number of halogens is 3. The van der Waals surface area contributed by atoms with Crippen molar-refractivity contribution in [2.75, 3.05) is 5.32 Å². The highest BCUT2D eigenvalue weighted by molar-refractivity contribution is 9.39. The molecule has 0 aromatic heterocycles. The molecule has 0 saturated heterocycles. The molecule has 0 radical (unpaired) electrons. The molecule has 0 aliphatic heterocycles. The van der Waals surface area contributed by atoms with E-state index in [1.165, 1.54) is 6.07 Å². The molecule has 2 aromatic rings. The molecule has 132 valence electrons. The van der Waals surface area contributed by atoms with Crippen molar-refractivity contribution >= 4 is 65.1 Å². The van der Waals surface area contributed by atoms with Gasteiger partial charge < -0.3 is 10.6 Å². The number of hydrogen-bond acceptors (Lipinski definition) is 4. The van der Waals surface area contributed by atoms with Crippen molar-refractivity contribution in [3.8, 4) is 0 Å². The second-order valence-corrected chi connectivity index (χ2v) is 12.2. The molecule has 0 saturated carbocycles. The summed E-state index contributed by atoms with van der Waals surface area (Å²) in [5.74, 6) is -0.321. The third kappa shape index (κ3) is 5.52. The van der Waals surface area contributed by atoms with Crippen LogP contribution in [0.4, 0.5) is 11.4 Å². The van der Waals surface area contributed by atoms with Crippen LogP contribution in [0.1, 0.15) is 15.9 Å². The fourth-order valence-electron chi connectivity index (χ4n) is 2.03. The Morgan fingerprint density at radius 1 is 1.12 bits per heavy atom. The van der Waals surface area contributed by atoms with E-state index in [1.54, 1.807) is 30.3 Å². The van der Waals surface area contributed by atoms with Gasteiger partial charge >= 0.3 is 0 Å². The normalized spacial score (nSPS) is 12.3. The number of carbonyl (C=O) groups excluding carboxylic acids is 1. The Bertz CT molecular complexity index is 776. The number of hydrogen-bond donors (Lipinski definition) is 2. The lowest BCUT2D eigenvalue weighted by atomic mass is 10.1. The molecule has 0 heterocycles. The van der Waals surface area contributed by atoms with Gasteiger partial charge in [0, 0.05) is 11.6 Å². The molecule has 0 bridgehead atoms. The number of nitro benzene ring substituents is 1. The molecule has 0 fully saturated rings. The summed E-state index contributed by atoms with van der Waals surface area (Å²) in [7, 11) is 0. The number of para-hydroxylation sites is 2. The highest BCUT2D eigenvalue weighted by atomic mass is 80.0. The highest BCUT2D eigenvalue weighted by Gasteiger charge is 2.33. The molecule has 1 unspecified atom stereocenters. The maximum atomic E-state index is 12.5. The van der Waals surface area contributed by atoms with Gasteiger partial charge in [-0.25, -0.2) is 0 Å². The Morgan fingerprint density at radius 2 is 1.72 bits per heavy atom. The molecular formula is C16H14Br3N3O3. The number of alkyl halides is 3. The summed E-state index contributed by atoms with van der Waals surface area (Å²) in [6.07, 6.45) is -0.734. The molecule has 2 rings (SSSR count). The molecule has 2 aromatic carbocycles. The van der Waals surface area contributed by atoms with Crippen LogP contribution in [0.25, 0.3) is 0 Å². The number of aryl methyl sites for hydroxylation is 1. The summed E-state index contributed by atoms with van der Waals surface area (Å²) in [4.78, 5) is 23.2. The van der Waals surface area contributed by atoms with E-state index in [9.17, 15) is 14.9 Å². The molecule has 1 atom stereocenters. The third-order valence-corrected chi connectivity index (χ3v) is 4.69. The summed E-state index contributed by atoms with van der Waals surface area (Å²) in [5.41, 5.74) is 1.72. The van der Waals surface area contributed by atoms with Crippen molar-refractivity contribution in [3.05, 3.63) is 69.8 Å². The monoisotopic (exact) mass is 533 g/mol. The lowest BCUT2D eigenvalue weighted by molar-refractivity contribution is -0.384. The van der Waals surface area contributed by atoms with Crippen molar-refractivity contribution in [2.45, 2.75) is 15.2 Å². The lowest BCUT2D eigenvalue weighted by Gasteiger charge is -2.28. The lowest BCUT2D eigenvalue weighted by Crippen LogP contribution is -2.48. The van der Waals surface area contributed by atoms with Crippen LogP contribution in [0.3, 0.4) is 0 Å². The highest BCUT2D eigenvalue weighted by Crippen LogP contribution is 2.38. The Kier molecular flexibility index (Phi) is 6.59. The zero-order valence-electron chi connectivity index (χ0n) is 13.0. The smallest absolute Gasteiger partial charge is 0.292 e. The minimum absolute atomic E-state index is 0.0890. The zero-order valence-corrected chi connectivity index (χ0v) is 17.8. The number of benzene rings is 2. The van der Waals surface area contributed by atoms with Gasteiger partial charge in [0.2, 0.25) is 0 Å². The van der Waals surface area contributed by atoms with Crippen LogP contribution in [0.15, 0.2) is 48.5 Å². The quantitative estimate of drug-likeness (QED) is 0.247. The van der Waals surface area contributed by atoms with Crippen molar-refractivity contribution in [2.24, 2.45) is 0 Å². The fraction of sp³-hybridized carbons (Fsp3) is 0.188. The molecule has 2 N–H and O–H groups in total. The summed E-state index contributed by atoms with van der Waals surface area (Å²) >= 11 is 10.1. The second-order valence-electron chi connectivity index (χ2n) is 5.23. The molecule has 0 spiro atoms. The number of nitrogens with zero attached hydrogens (tertiary/aromatic N) is 1. The van der Waals surface area contributed by atoms with E-state index in [0.29, 0.717) is 5.56 Å². The van der Waals surface area contributed by atoms with Gasteiger partial charge in [-0.2, -0.15) is 0 Å². The average molecular weight is 536 g/mol. The Morgan fingerprint density at radius 3 is 2.28 bits per heavy atom. The van der Waals surface area contributed by atoms with Crippen molar-refractivity contribution < 1.29 is 9.72 Å². The molecular weight excluding hydrogens is 522 g/mol. The second kappa shape index (κ2) is 8.29. The predicted molar refractivity (Wildman–Crippen MR) is 109 cm³/mol. The Hall–Kier alpha value is -1.45. The fourth-order valence-corrected chi connectivity index (χ4v) is 2.72. The maximum absolute atomic E-state index is 12.5. The molecule has 0 aliphatic carbocycles. The van der Waals surface area contributed by atoms with Gasteiger partial charge in [-0.1, -0.05) is 77.6 Å². The summed E-state index contributed by atoms with van der Waals surface area (Å²) in [6.45, 7) is 1.93. The molecule has 0 aliphatic rings. The average Bonchev–Trinajstić information content (AvgIpc) is 2.54. The summed E-state index contributed by atoms with van der Waals surface area (Å²) < 4.78 is -0.920. The standard InChI is InChI=1S/C16H14Br3N3O3/c1-10-6-8-11(9-7-10)14(23)21-15(16(17,18)19)20-12-4-2-3-5-13(12)22(24)25/h2-9,15,20H,1H3,(H,21,23). The first-order valence-electron chi connectivity index (χ1n) is 7.12. The first kappa shape index (κ1) is 19.9. The van der Waals surface area contributed by atoms with Gasteiger partial charge in [-0.05, 0) is 25.1 Å². The summed E-state index contributed by atoms with van der Waals surface area (Å²) in [5, 5.41) is 16.9. The van der Waals surface area contributed by atoms with E-state index in [0.717, 1.165) is 5.56 Å². The minimum Gasteiger partial charge on any atom is -0.357 e. The number of nitro groups is 1. The first-order valence-corrected chi connectivity index (χ1v) is 9.50. The van der Waals surface area contributed by atoms with Gasteiger partial charge in [-0.3, -0.25) is 14.9 Å². The van der Waals surface area contributed by atoms with Crippen molar-refractivity contribution in [3.63, 3.8) is 0 Å². The van der Waals surface area contributed by atoms with Gasteiger partial charge in [0.25, 0.3) is 11.6 Å². The van der Waals surface area contributed by atoms with E-state index in [4.69, 9.17) is 0 Å². The van der Waals surface area contributed by atoms with Gasteiger partial charge in [0.05, 0.1) is 4.92 Å². The molecule has 25 heavy (non-hydrogen) atoms. The van der Waals surface area contributed by atoms with Crippen LogP contribution < -0.4 is 10.6 Å². The van der Waals surface area contributed by atoms with Crippen LogP contribution in [-0.4, -0.2) is 19.1 Å². The number of anilines is 1. The van der Waals surface area contributed by atoms with Crippen LogP contribution in [0.2, 0.25) is 0 Å². The van der Waals surface area contributed by atoms with E-state index in [-0.39, 0.29) is 17.3 Å². The number of amides is 1. The predicted octanol–water partition coefficient (Wildman–Crippen LogP) is 4.91. The maximum Gasteiger partial charge on any atom is 0.292 e. The number of rotatable bonds is 5. The van der Waals surface area contributed by atoms with Gasteiger partial charge in [-0.15, -0.1) is 0 Å². The van der Waals surface area contributed by atoms with Crippen LogP contribution in [0.5, 0.6) is 0 Å². The topological polar surface area (TPSA) is 84.3 Å². The van der Waals surface area contributed by atoms with Gasteiger partial charge in [0.1, 0.15) is 11.9 Å². The Balaban J connectivity index is 2.24. The van der Waals surface area contributed by atoms with Crippen molar-refractivity contribution in [1.29, 1.82) is 0 Å². The summed E-state index contributed by atoms with van der Waals surface area (Å²) in [6, 6.07) is 13.3. The van der Waals surface area contributed by atoms with E-state index in [1.807, 2.05) is 19.1 Å².